The molecule has 0 spiro atoms. The van der Waals surface area contributed by atoms with Crippen LogP contribution in [0, 0.1) is 5.92 Å². The molecule has 1 saturated carbocycles. The molecule has 1 aromatic rings. The van der Waals surface area contributed by atoms with E-state index in [1.165, 1.54) is 19.3 Å². The predicted molar refractivity (Wildman–Crippen MR) is 63.3 cm³/mol. The lowest BCUT2D eigenvalue weighted by molar-refractivity contribution is 0.250. The molecule has 1 unspecified atom stereocenters. The number of aromatic nitrogens is 2. The van der Waals surface area contributed by atoms with Crippen molar-refractivity contribution in [1.29, 1.82) is 0 Å². The van der Waals surface area contributed by atoms with Crippen LogP contribution >= 0.6 is 0 Å². The average molecular weight is 223 g/mol. The summed E-state index contributed by atoms with van der Waals surface area (Å²) in [5.74, 6) is 1.45. The molecule has 16 heavy (non-hydrogen) atoms. The molecule has 2 rings (SSSR count). The SMILES string of the molecule is CCCn1ncc(OC)c1C(N)C1CCC1. The van der Waals surface area contributed by atoms with Gasteiger partial charge in [0.25, 0.3) is 0 Å². The number of aryl methyl sites for hydroxylation is 1. The maximum Gasteiger partial charge on any atom is 0.161 e. The second-order valence-corrected chi connectivity index (χ2v) is 4.54. The van der Waals surface area contributed by atoms with Crippen molar-refractivity contribution in [2.75, 3.05) is 7.11 Å². The molecule has 2 N–H and O–H groups in total. The average Bonchev–Trinajstić information content (AvgIpc) is 2.58. The van der Waals surface area contributed by atoms with E-state index < -0.39 is 0 Å². The van der Waals surface area contributed by atoms with Crippen LogP contribution in [0.1, 0.15) is 44.3 Å². The Labute approximate surface area is 96.8 Å². The van der Waals surface area contributed by atoms with Gasteiger partial charge in [-0.3, -0.25) is 4.68 Å². The largest absolute Gasteiger partial charge is 0.493 e. The zero-order chi connectivity index (χ0) is 11.5. The molecular weight excluding hydrogens is 202 g/mol. The fraction of sp³-hybridized carbons (Fsp3) is 0.750. The molecule has 4 nitrogen and oxygen atoms in total. The van der Waals surface area contributed by atoms with Gasteiger partial charge in [-0.15, -0.1) is 0 Å². The first kappa shape index (κ1) is 11.5. The van der Waals surface area contributed by atoms with Crippen LogP contribution in [0.4, 0.5) is 0 Å². The highest BCUT2D eigenvalue weighted by atomic mass is 16.5. The third kappa shape index (κ3) is 1.94. The van der Waals surface area contributed by atoms with E-state index in [4.69, 9.17) is 10.5 Å². The zero-order valence-electron chi connectivity index (χ0n) is 10.1. The predicted octanol–water partition coefficient (Wildman–Crippen LogP) is 2.10. The van der Waals surface area contributed by atoms with Crippen LogP contribution in [0.3, 0.4) is 0 Å². The van der Waals surface area contributed by atoms with Gasteiger partial charge in [-0.25, -0.2) is 0 Å². The van der Waals surface area contributed by atoms with E-state index in [0.29, 0.717) is 5.92 Å². The van der Waals surface area contributed by atoms with Crippen LogP contribution in [0.2, 0.25) is 0 Å². The number of hydrogen-bond acceptors (Lipinski definition) is 3. The lowest BCUT2D eigenvalue weighted by Gasteiger charge is -2.31. The van der Waals surface area contributed by atoms with Crippen molar-refractivity contribution >= 4 is 0 Å². The van der Waals surface area contributed by atoms with Gasteiger partial charge in [0.05, 0.1) is 25.0 Å². The molecule has 4 heteroatoms. The third-order valence-corrected chi connectivity index (χ3v) is 3.47. The monoisotopic (exact) mass is 223 g/mol. The number of rotatable bonds is 5. The summed E-state index contributed by atoms with van der Waals surface area (Å²) in [6, 6.07) is 0.0812. The Bertz CT molecular complexity index is 344. The normalized spacial score (nSPS) is 18.2. The van der Waals surface area contributed by atoms with E-state index in [9.17, 15) is 0 Å². The fourth-order valence-electron chi connectivity index (χ4n) is 2.28. The van der Waals surface area contributed by atoms with Crippen LogP contribution in [-0.2, 0) is 6.54 Å². The standard InChI is InChI=1S/C12H21N3O/c1-3-7-15-12(10(16-2)8-14-15)11(13)9-5-4-6-9/h8-9,11H,3-7,13H2,1-2H3. The van der Waals surface area contributed by atoms with Crippen molar-refractivity contribution in [2.24, 2.45) is 11.7 Å². The number of methoxy groups -OCH3 is 1. The molecular formula is C12H21N3O. The molecule has 1 aromatic heterocycles. The Morgan fingerprint density at radius 2 is 2.38 bits per heavy atom. The van der Waals surface area contributed by atoms with E-state index in [0.717, 1.165) is 24.4 Å². The molecule has 0 aromatic carbocycles. The first-order valence-corrected chi connectivity index (χ1v) is 6.13. The molecule has 90 valence electrons. The minimum atomic E-state index is 0.0812. The molecule has 1 aliphatic carbocycles. The van der Waals surface area contributed by atoms with Crippen molar-refractivity contribution in [1.82, 2.24) is 9.78 Å². The second kappa shape index (κ2) is 4.87. The molecule has 0 aliphatic heterocycles. The Morgan fingerprint density at radius 3 is 2.88 bits per heavy atom. The van der Waals surface area contributed by atoms with Gasteiger partial charge >= 0.3 is 0 Å². The highest BCUT2D eigenvalue weighted by molar-refractivity contribution is 5.29. The maximum absolute atomic E-state index is 6.31. The minimum Gasteiger partial charge on any atom is -0.493 e. The van der Waals surface area contributed by atoms with Crippen LogP contribution in [0.25, 0.3) is 0 Å². The van der Waals surface area contributed by atoms with Crippen LogP contribution in [-0.4, -0.2) is 16.9 Å². The molecule has 1 atom stereocenters. The lowest BCUT2D eigenvalue weighted by atomic mass is 9.79. The van der Waals surface area contributed by atoms with Crippen molar-refractivity contribution in [3.8, 4) is 5.75 Å². The lowest BCUT2D eigenvalue weighted by Crippen LogP contribution is -2.29. The van der Waals surface area contributed by atoms with Crippen LogP contribution in [0.15, 0.2) is 6.20 Å². The highest BCUT2D eigenvalue weighted by Gasteiger charge is 2.30. The van der Waals surface area contributed by atoms with Gasteiger partial charge in [0.15, 0.2) is 5.75 Å². The summed E-state index contributed by atoms with van der Waals surface area (Å²) < 4.78 is 7.35. The Balaban J connectivity index is 2.23. The van der Waals surface area contributed by atoms with Crippen molar-refractivity contribution in [2.45, 2.75) is 45.2 Å². The number of nitrogens with zero attached hydrogens (tertiary/aromatic N) is 2. The topological polar surface area (TPSA) is 53.1 Å². The Morgan fingerprint density at radius 1 is 1.62 bits per heavy atom. The summed E-state index contributed by atoms with van der Waals surface area (Å²) >= 11 is 0. The van der Waals surface area contributed by atoms with Gasteiger partial charge in [0.2, 0.25) is 0 Å². The van der Waals surface area contributed by atoms with Crippen LogP contribution in [0.5, 0.6) is 5.75 Å². The van der Waals surface area contributed by atoms with Crippen molar-refractivity contribution in [3.05, 3.63) is 11.9 Å². The first-order chi connectivity index (χ1) is 7.77. The van der Waals surface area contributed by atoms with Gasteiger partial charge < -0.3 is 10.5 Å². The summed E-state index contributed by atoms with van der Waals surface area (Å²) in [4.78, 5) is 0. The highest BCUT2D eigenvalue weighted by Crippen LogP contribution is 2.39. The summed E-state index contributed by atoms with van der Waals surface area (Å²) in [6.07, 6.45) is 6.63. The molecule has 1 heterocycles. The fourth-order valence-corrected chi connectivity index (χ4v) is 2.28. The second-order valence-electron chi connectivity index (χ2n) is 4.54. The third-order valence-electron chi connectivity index (χ3n) is 3.47. The summed E-state index contributed by atoms with van der Waals surface area (Å²) in [5, 5.41) is 4.35. The zero-order valence-corrected chi connectivity index (χ0v) is 10.1. The number of nitrogens with two attached hydrogens (primary N) is 1. The Hall–Kier alpha value is -1.03. The van der Waals surface area contributed by atoms with Crippen LogP contribution < -0.4 is 10.5 Å². The molecule has 1 fully saturated rings. The van der Waals surface area contributed by atoms with E-state index in [2.05, 4.69) is 12.0 Å². The number of ether oxygens (including phenoxy) is 1. The van der Waals surface area contributed by atoms with Gasteiger partial charge in [0.1, 0.15) is 0 Å². The maximum atomic E-state index is 6.31. The molecule has 0 saturated heterocycles. The van der Waals surface area contributed by atoms with E-state index in [-0.39, 0.29) is 6.04 Å². The minimum absolute atomic E-state index is 0.0812. The van der Waals surface area contributed by atoms with Crippen molar-refractivity contribution < 1.29 is 4.74 Å². The first-order valence-electron chi connectivity index (χ1n) is 6.13. The van der Waals surface area contributed by atoms with Gasteiger partial charge in [-0.2, -0.15) is 5.10 Å². The molecule has 0 bridgehead atoms. The summed E-state index contributed by atoms with van der Waals surface area (Å²) in [5.41, 5.74) is 7.39. The Kier molecular flexibility index (Phi) is 3.49. The van der Waals surface area contributed by atoms with E-state index in [1.807, 2.05) is 4.68 Å². The van der Waals surface area contributed by atoms with Gasteiger partial charge in [-0.1, -0.05) is 13.3 Å². The van der Waals surface area contributed by atoms with E-state index in [1.54, 1.807) is 13.3 Å². The number of hydrogen-bond donors (Lipinski definition) is 1. The molecule has 0 amide bonds. The molecule has 0 radical (unpaired) electrons. The summed E-state index contributed by atoms with van der Waals surface area (Å²) in [6.45, 7) is 3.06. The summed E-state index contributed by atoms with van der Waals surface area (Å²) in [7, 11) is 1.68. The van der Waals surface area contributed by atoms with E-state index >= 15 is 0 Å². The smallest absolute Gasteiger partial charge is 0.161 e. The molecule has 1 aliphatic rings. The van der Waals surface area contributed by atoms with Crippen molar-refractivity contribution in [3.63, 3.8) is 0 Å². The van der Waals surface area contributed by atoms with Gasteiger partial charge in [-0.05, 0) is 25.2 Å². The van der Waals surface area contributed by atoms with Gasteiger partial charge in [0, 0.05) is 6.54 Å². The quantitative estimate of drug-likeness (QED) is 0.831.